The normalized spacial score (nSPS) is 13.5. The summed E-state index contributed by atoms with van der Waals surface area (Å²) in [5.41, 5.74) is 6.65. The Kier molecular flexibility index (Phi) is 15.7. The molecule has 13 heteroatoms. The van der Waals surface area contributed by atoms with Crippen LogP contribution in [0.3, 0.4) is 0 Å². The van der Waals surface area contributed by atoms with Crippen LogP contribution in [0.1, 0.15) is 44.5 Å². The quantitative estimate of drug-likeness (QED) is 0.103. The van der Waals surface area contributed by atoms with Crippen molar-refractivity contribution in [3.8, 4) is 40.2 Å². The second-order valence-corrected chi connectivity index (χ2v) is 16.0. The van der Waals surface area contributed by atoms with Gasteiger partial charge >= 0.3 is 6.18 Å². The van der Waals surface area contributed by atoms with E-state index in [4.69, 9.17) is 29.9 Å². The molecule has 0 fully saturated rings. The van der Waals surface area contributed by atoms with Crippen molar-refractivity contribution in [3.63, 3.8) is 0 Å². The number of fused-ring (bicyclic) bond motifs is 3. The first-order valence-corrected chi connectivity index (χ1v) is 20.3. The number of hydrogen-bond acceptors (Lipinski definition) is 10. The number of aryl methyl sites for hydroxylation is 4. The number of halogens is 3. The average molecular weight is 815 g/mol. The minimum Gasteiger partial charge on any atom is -0.508 e. The molecule has 0 aliphatic carbocycles. The molecule has 5 aromatic carbocycles. The minimum atomic E-state index is -4.39. The van der Waals surface area contributed by atoms with Crippen LogP contribution in [-0.2, 0) is 17.7 Å². The summed E-state index contributed by atoms with van der Waals surface area (Å²) in [7, 11) is 0. The van der Waals surface area contributed by atoms with Gasteiger partial charge in [-0.2, -0.15) is 24.9 Å². The molecule has 294 valence electrons. The summed E-state index contributed by atoms with van der Waals surface area (Å²) in [5, 5.41) is 45.4. The molecule has 3 heterocycles. The lowest BCUT2D eigenvalue weighted by Crippen LogP contribution is -2.07. The second kappa shape index (κ2) is 19.9. The first-order valence-electron chi connectivity index (χ1n) is 17.2. The molecule has 8 rings (SSSR count). The van der Waals surface area contributed by atoms with Crippen LogP contribution in [-0.4, -0.2) is 50.3 Å². The Hall–Kier alpha value is -4.46. The molecule has 0 amide bonds. The van der Waals surface area contributed by atoms with Crippen molar-refractivity contribution >= 4 is 35.3 Å². The van der Waals surface area contributed by atoms with Gasteiger partial charge in [-0.1, -0.05) is 12.1 Å². The van der Waals surface area contributed by atoms with Gasteiger partial charge in [0.2, 0.25) is 0 Å². The van der Waals surface area contributed by atoms with Crippen molar-refractivity contribution < 1.29 is 48.2 Å². The second-order valence-electron chi connectivity index (χ2n) is 12.8. The van der Waals surface area contributed by atoms with Gasteiger partial charge in [0.1, 0.15) is 40.2 Å². The standard InChI is InChI=1S/C9H10O2S.C9H12O.C8H7F3O.C8H8O2S.C8H8OS/c1-6-4-7(10)5-8-9(6)12-3-2-11-8;1-6-4-9(10)5-7(2)8(6)3;1-5-2-3-6(12)4-7(5)8(9,10)11;9-6-1-2-8-7(5-6)10-3-4-11-8;9-8-2-1-6-4-10-5-7(6)3-8/h4-5,10H,2-3H2,1H3;4-5,10H,1-3H3;2-4,12H,1H3;1-2,5,9H,3-4H2;1-3,9H,4-5H2. The molecular formula is C42H45F3O7S3. The highest BCUT2D eigenvalue weighted by atomic mass is 32.2. The third-order valence-electron chi connectivity index (χ3n) is 8.48. The van der Waals surface area contributed by atoms with Crippen LogP contribution in [0.15, 0.2) is 88.7 Å². The fraction of sp³-hybridized carbons (Fsp3) is 0.286. The third kappa shape index (κ3) is 13.1. The van der Waals surface area contributed by atoms with Crippen LogP contribution in [0, 0.1) is 34.6 Å². The van der Waals surface area contributed by atoms with Gasteiger partial charge in [0.15, 0.2) is 0 Å². The summed E-state index contributed by atoms with van der Waals surface area (Å²) in [5.74, 6) is 6.73. The summed E-state index contributed by atoms with van der Waals surface area (Å²) in [6, 6.07) is 21.0. The lowest BCUT2D eigenvalue weighted by Gasteiger charge is -2.18. The van der Waals surface area contributed by atoms with Crippen LogP contribution >= 0.6 is 35.3 Å². The lowest BCUT2D eigenvalue weighted by molar-refractivity contribution is -0.138. The maximum atomic E-state index is 12.1. The van der Waals surface area contributed by atoms with Gasteiger partial charge < -0.3 is 35.0 Å². The van der Waals surface area contributed by atoms with Crippen molar-refractivity contribution in [3.05, 3.63) is 123 Å². The molecular weight excluding hydrogens is 770 g/mol. The first kappa shape index (κ1) is 43.3. The van der Waals surface area contributed by atoms with E-state index in [1.165, 1.54) is 40.6 Å². The fourth-order valence-electron chi connectivity index (χ4n) is 5.43. The van der Waals surface area contributed by atoms with E-state index >= 15 is 0 Å². The molecule has 0 radical (unpaired) electrons. The Morgan fingerprint density at radius 1 is 0.527 bits per heavy atom. The van der Waals surface area contributed by atoms with Crippen LogP contribution in [0.4, 0.5) is 13.2 Å². The molecule has 0 bridgehead atoms. The summed E-state index contributed by atoms with van der Waals surface area (Å²) in [6.45, 7) is 10.9. The molecule has 3 aliphatic rings. The van der Waals surface area contributed by atoms with Gasteiger partial charge in [0, 0.05) is 40.0 Å². The van der Waals surface area contributed by atoms with E-state index in [0.717, 1.165) is 75.4 Å². The van der Waals surface area contributed by atoms with E-state index in [-0.39, 0.29) is 22.8 Å². The zero-order valence-corrected chi connectivity index (χ0v) is 33.6. The van der Waals surface area contributed by atoms with Crippen LogP contribution in [0.2, 0.25) is 0 Å². The van der Waals surface area contributed by atoms with Crippen molar-refractivity contribution in [1.82, 2.24) is 0 Å². The number of ether oxygens (including phenoxy) is 2. The van der Waals surface area contributed by atoms with E-state index in [2.05, 4.69) is 6.92 Å². The van der Waals surface area contributed by atoms with Gasteiger partial charge in [0.05, 0.1) is 23.7 Å². The smallest absolute Gasteiger partial charge is 0.416 e. The lowest BCUT2D eigenvalue weighted by atomic mass is 10.0. The molecule has 0 saturated carbocycles. The van der Waals surface area contributed by atoms with Gasteiger partial charge in [-0.25, -0.2) is 0 Å². The Labute approximate surface area is 332 Å². The molecule has 5 aromatic rings. The zero-order chi connectivity index (χ0) is 40.3. The highest BCUT2D eigenvalue weighted by Crippen LogP contribution is 2.39. The molecule has 0 unspecified atom stereocenters. The molecule has 0 aromatic heterocycles. The number of hydrogen-bond donors (Lipinski definition) is 5. The Morgan fingerprint density at radius 3 is 1.73 bits per heavy atom. The van der Waals surface area contributed by atoms with E-state index in [1.807, 2.05) is 50.7 Å². The van der Waals surface area contributed by atoms with Gasteiger partial charge in [-0.15, -0.1) is 23.5 Å². The Morgan fingerprint density at radius 2 is 1.05 bits per heavy atom. The molecule has 0 saturated heterocycles. The maximum absolute atomic E-state index is 12.1. The van der Waals surface area contributed by atoms with E-state index in [1.54, 1.807) is 66.0 Å². The number of aromatic hydroxyl groups is 5. The van der Waals surface area contributed by atoms with Crippen LogP contribution < -0.4 is 9.47 Å². The molecule has 5 N–H and O–H groups in total. The molecule has 0 atom stereocenters. The largest absolute Gasteiger partial charge is 0.508 e. The molecule has 3 aliphatic heterocycles. The number of benzene rings is 5. The third-order valence-corrected chi connectivity index (χ3v) is 11.7. The maximum Gasteiger partial charge on any atom is 0.416 e. The van der Waals surface area contributed by atoms with Crippen molar-refractivity contribution in [2.24, 2.45) is 0 Å². The van der Waals surface area contributed by atoms with Crippen LogP contribution in [0.25, 0.3) is 0 Å². The summed E-state index contributed by atoms with van der Waals surface area (Å²) in [6.07, 6.45) is -4.39. The molecule has 7 nitrogen and oxygen atoms in total. The highest BCUT2D eigenvalue weighted by molar-refractivity contribution is 7.99. The summed E-state index contributed by atoms with van der Waals surface area (Å²) in [4.78, 5) is 2.29. The van der Waals surface area contributed by atoms with Crippen molar-refractivity contribution in [1.29, 1.82) is 0 Å². The number of phenols is 5. The SMILES string of the molecule is Cc1cc(O)cc(C)c1C.Cc1cc(O)cc2c1SCCO2.Cc1ccc(O)cc1C(F)(F)F.Oc1ccc2c(c1)CSC2.Oc1ccc2c(c1)OCCS2. The minimum absolute atomic E-state index is 0.111. The van der Waals surface area contributed by atoms with E-state index in [9.17, 15) is 18.3 Å². The predicted octanol–water partition coefficient (Wildman–Crippen LogP) is 11.2. The van der Waals surface area contributed by atoms with Gasteiger partial charge in [0.25, 0.3) is 0 Å². The predicted molar refractivity (Wildman–Crippen MR) is 217 cm³/mol. The summed E-state index contributed by atoms with van der Waals surface area (Å²) >= 11 is 5.45. The van der Waals surface area contributed by atoms with Crippen molar-refractivity contribution in [2.45, 2.75) is 62.1 Å². The average Bonchev–Trinajstić information content (AvgIpc) is 3.60. The number of rotatable bonds is 0. The number of alkyl halides is 3. The van der Waals surface area contributed by atoms with Gasteiger partial charge in [-0.05, 0) is 128 Å². The zero-order valence-electron chi connectivity index (χ0n) is 31.2. The fourth-order valence-corrected chi connectivity index (χ4v) is 8.25. The number of thioether (sulfide) groups is 3. The number of phenolic OH excluding ortho intramolecular Hbond substituents is 5. The van der Waals surface area contributed by atoms with Crippen molar-refractivity contribution in [2.75, 3.05) is 24.7 Å². The summed E-state index contributed by atoms with van der Waals surface area (Å²) < 4.78 is 47.1. The molecule has 0 spiro atoms. The highest BCUT2D eigenvalue weighted by Gasteiger charge is 2.32. The van der Waals surface area contributed by atoms with Crippen LogP contribution in [0.5, 0.6) is 40.2 Å². The topological polar surface area (TPSA) is 120 Å². The van der Waals surface area contributed by atoms with E-state index in [0.29, 0.717) is 11.5 Å². The molecule has 55 heavy (non-hydrogen) atoms. The van der Waals surface area contributed by atoms with Gasteiger partial charge in [-0.3, -0.25) is 0 Å². The monoisotopic (exact) mass is 814 g/mol. The Bertz CT molecular complexity index is 2050. The van der Waals surface area contributed by atoms with E-state index < -0.39 is 11.7 Å². The first-order chi connectivity index (χ1) is 26.0. The Balaban J connectivity index is 0.000000153.